The second kappa shape index (κ2) is 3.64. The number of nitrogens with zero attached hydrogens (tertiary/aromatic N) is 3. The van der Waals surface area contributed by atoms with Gasteiger partial charge in [0.2, 0.25) is 0 Å². The molecular weight excluding hydrogens is 162 g/mol. The molecule has 0 aromatic carbocycles. The fraction of sp³-hybridized carbons (Fsp3) is 0.500. The normalized spacial score (nSPS) is 22.1. The molecule has 0 bridgehead atoms. The lowest BCUT2D eigenvalue weighted by atomic mass is 10.2. The zero-order chi connectivity index (χ0) is 9.10. The van der Waals surface area contributed by atoms with E-state index in [1.807, 2.05) is 18.1 Å². The van der Waals surface area contributed by atoms with E-state index < -0.39 is 0 Å². The maximum atomic E-state index is 4.50. The van der Waals surface area contributed by atoms with Gasteiger partial charge < -0.3 is 4.90 Å². The molecule has 0 fully saturated rings. The molecule has 0 amide bonds. The quantitative estimate of drug-likeness (QED) is 0.557. The van der Waals surface area contributed by atoms with Gasteiger partial charge in [0.15, 0.2) is 5.84 Å². The van der Waals surface area contributed by atoms with Crippen molar-refractivity contribution in [3.8, 4) is 0 Å². The molecule has 2 aliphatic rings. The lowest BCUT2D eigenvalue weighted by Crippen LogP contribution is -2.32. The lowest BCUT2D eigenvalue weighted by Gasteiger charge is -2.27. The minimum atomic E-state index is 1.06. The zero-order valence-corrected chi connectivity index (χ0v) is 7.98. The number of rotatable bonds is 0. The van der Waals surface area contributed by atoms with Gasteiger partial charge in [0, 0.05) is 26.3 Å². The van der Waals surface area contributed by atoms with Crippen LogP contribution in [0.5, 0.6) is 0 Å². The maximum absolute atomic E-state index is 4.50. The summed E-state index contributed by atoms with van der Waals surface area (Å²) in [7, 11) is 2.03. The largest absolute Gasteiger partial charge is 0.332 e. The molecule has 0 spiro atoms. The number of allylic oxidation sites excluding steroid dienone is 2. The first kappa shape index (κ1) is 8.35. The predicted octanol–water partition coefficient (Wildman–Crippen LogP) is 1.41. The Balaban J connectivity index is 2.20. The lowest BCUT2D eigenvalue weighted by molar-refractivity contribution is 0.316. The van der Waals surface area contributed by atoms with Crippen molar-refractivity contribution < 1.29 is 0 Å². The smallest absolute Gasteiger partial charge is 0.152 e. The van der Waals surface area contributed by atoms with Crippen LogP contribution in [0.15, 0.2) is 29.5 Å². The molecule has 2 aliphatic heterocycles. The summed E-state index contributed by atoms with van der Waals surface area (Å²) >= 11 is 0. The van der Waals surface area contributed by atoms with E-state index in [-0.39, 0.29) is 0 Å². The zero-order valence-electron chi connectivity index (χ0n) is 7.98. The van der Waals surface area contributed by atoms with Gasteiger partial charge in [0.1, 0.15) is 0 Å². The molecule has 0 unspecified atom stereocenters. The Morgan fingerprint density at radius 1 is 1.23 bits per heavy atom. The van der Waals surface area contributed by atoms with Crippen LogP contribution in [0.2, 0.25) is 0 Å². The van der Waals surface area contributed by atoms with Crippen molar-refractivity contribution in [1.29, 1.82) is 0 Å². The minimum absolute atomic E-state index is 1.06. The Morgan fingerprint density at radius 2 is 2.08 bits per heavy atom. The van der Waals surface area contributed by atoms with E-state index in [4.69, 9.17) is 0 Å². The number of hydrogen-bond acceptors (Lipinski definition) is 3. The molecule has 13 heavy (non-hydrogen) atoms. The number of fused-ring (bicyclic) bond motifs is 1. The summed E-state index contributed by atoms with van der Waals surface area (Å²) in [5, 5.41) is 6.51. The number of amidine groups is 1. The van der Waals surface area contributed by atoms with Crippen LogP contribution in [0.1, 0.15) is 12.8 Å². The standard InChI is InChI=1S/C10H15N3/c1-12-7-4-5-9-13-8-3-2-6-10(13)11-12/h2-3,6,8H,4-5,7,9H2,1H3. The summed E-state index contributed by atoms with van der Waals surface area (Å²) in [6.07, 6.45) is 10.7. The first-order chi connectivity index (χ1) is 6.36. The van der Waals surface area contributed by atoms with E-state index >= 15 is 0 Å². The third-order valence-electron chi connectivity index (χ3n) is 2.32. The van der Waals surface area contributed by atoms with Crippen LogP contribution in [-0.4, -0.2) is 35.9 Å². The van der Waals surface area contributed by atoms with Gasteiger partial charge in [-0.1, -0.05) is 6.08 Å². The molecule has 3 heteroatoms. The van der Waals surface area contributed by atoms with Crippen LogP contribution in [0.3, 0.4) is 0 Å². The summed E-state index contributed by atoms with van der Waals surface area (Å²) in [6.45, 7) is 2.16. The first-order valence-electron chi connectivity index (χ1n) is 4.77. The van der Waals surface area contributed by atoms with Crippen LogP contribution in [0.4, 0.5) is 0 Å². The van der Waals surface area contributed by atoms with E-state index in [1.54, 1.807) is 0 Å². The van der Waals surface area contributed by atoms with E-state index in [0.29, 0.717) is 0 Å². The Kier molecular flexibility index (Phi) is 2.34. The van der Waals surface area contributed by atoms with Crippen molar-refractivity contribution >= 4 is 5.84 Å². The van der Waals surface area contributed by atoms with Crippen molar-refractivity contribution in [1.82, 2.24) is 9.91 Å². The average molecular weight is 177 g/mol. The SMILES string of the molecule is CN1CCCCN2C=CC=CC2=N1. The summed E-state index contributed by atoms with van der Waals surface area (Å²) < 4.78 is 0. The molecule has 2 heterocycles. The molecule has 70 valence electrons. The maximum Gasteiger partial charge on any atom is 0.152 e. The second-order valence-corrected chi connectivity index (χ2v) is 3.44. The summed E-state index contributed by atoms with van der Waals surface area (Å²) in [5.41, 5.74) is 0. The topological polar surface area (TPSA) is 18.8 Å². The van der Waals surface area contributed by atoms with E-state index in [0.717, 1.165) is 18.9 Å². The van der Waals surface area contributed by atoms with Gasteiger partial charge in [0.25, 0.3) is 0 Å². The molecular formula is C10H15N3. The molecule has 0 aromatic rings. The third kappa shape index (κ3) is 1.91. The van der Waals surface area contributed by atoms with Gasteiger partial charge in [-0.05, 0) is 25.0 Å². The van der Waals surface area contributed by atoms with Gasteiger partial charge in [-0.3, -0.25) is 5.01 Å². The van der Waals surface area contributed by atoms with E-state index in [2.05, 4.69) is 28.4 Å². The first-order valence-corrected chi connectivity index (χ1v) is 4.77. The Labute approximate surface area is 79.0 Å². The molecule has 0 aromatic heterocycles. The highest BCUT2D eigenvalue weighted by Crippen LogP contribution is 2.09. The number of hydrogen-bond donors (Lipinski definition) is 0. The van der Waals surface area contributed by atoms with Gasteiger partial charge >= 0.3 is 0 Å². The monoisotopic (exact) mass is 177 g/mol. The molecule has 0 aliphatic carbocycles. The van der Waals surface area contributed by atoms with Crippen molar-refractivity contribution in [3.63, 3.8) is 0 Å². The minimum Gasteiger partial charge on any atom is -0.332 e. The van der Waals surface area contributed by atoms with Crippen LogP contribution in [0, 0.1) is 0 Å². The average Bonchev–Trinajstić information content (AvgIpc) is 2.11. The molecule has 0 saturated heterocycles. The van der Waals surface area contributed by atoms with Crippen LogP contribution in [-0.2, 0) is 0 Å². The Morgan fingerprint density at radius 3 is 3.00 bits per heavy atom. The molecule has 0 saturated carbocycles. The van der Waals surface area contributed by atoms with Gasteiger partial charge in [-0.2, -0.15) is 5.10 Å². The molecule has 2 rings (SSSR count). The van der Waals surface area contributed by atoms with Crippen molar-refractivity contribution in [2.75, 3.05) is 20.1 Å². The van der Waals surface area contributed by atoms with Crippen molar-refractivity contribution in [2.24, 2.45) is 5.10 Å². The van der Waals surface area contributed by atoms with Gasteiger partial charge in [0.05, 0.1) is 0 Å². The highest BCUT2D eigenvalue weighted by atomic mass is 15.5. The van der Waals surface area contributed by atoms with E-state index in [9.17, 15) is 0 Å². The van der Waals surface area contributed by atoms with Crippen molar-refractivity contribution in [3.05, 3.63) is 24.4 Å². The third-order valence-corrected chi connectivity index (χ3v) is 2.32. The summed E-state index contributed by atoms with van der Waals surface area (Å²) in [5.74, 6) is 1.06. The van der Waals surface area contributed by atoms with E-state index in [1.165, 1.54) is 12.8 Å². The van der Waals surface area contributed by atoms with Gasteiger partial charge in [-0.15, -0.1) is 0 Å². The van der Waals surface area contributed by atoms with Crippen LogP contribution < -0.4 is 0 Å². The molecule has 0 radical (unpaired) electrons. The summed E-state index contributed by atoms with van der Waals surface area (Å²) in [6, 6.07) is 0. The molecule has 0 N–H and O–H groups in total. The Bertz CT molecular complexity index is 265. The number of hydrazone groups is 1. The fourth-order valence-electron chi connectivity index (χ4n) is 1.59. The predicted molar refractivity (Wildman–Crippen MR) is 54.3 cm³/mol. The molecule has 3 nitrogen and oxygen atoms in total. The highest BCUT2D eigenvalue weighted by molar-refractivity contribution is 5.94. The van der Waals surface area contributed by atoms with Gasteiger partial charge in [-0.25, -0.2) is 0 Å². The molecule has 0 atom stereocenters. The fourth-order valence-corrected chi connectivity index (χ4v) is 1.59. The van der Waals surface area contributed by atoms with Crippen molar-refractivity contribution in [2.45, 2.75) is 12.8 Å². The highest BCUT2D eigenvalue weighted by Gasteiger charge is 2.11. The summed E-state index contributed by atoms with van der Waals surface area (Å²) in [4.78, 5) is 2.20. The second-order valence-electron chi connectivity index (χ2n) is 3.44. The van der Waals surface area contributed by atoms with Crippen LogP contribution >= 0.6 is 0 Å². The van der Waals surface area contributed by atoms with Crippen LogP contribution in [0.25, 0.3) is 0 Å². The Hall–Kier alpha value is -1.25.